The van der Waals surface area contributed by atoms with Crippen molar-refractivity contribution < 1.29 is 20.1 Å². The Bertz CT molecular complexity index is 824. The highest BCUT2D eigenvalue weighted by Crippen LogP contribution is 2.16. The highest BCUT2D eigenvalue weighted by Gasteiger charge is 2.22. The topological polar surface area (TPSA) is 89.8 Å². The molecule has 5 heteroatoms. The lowest BCUT2D eigenvalue weighted by molar-refractivity contribution is -0.131. The molecular formula is C48H91NO4. The van der Waals surface area contributed by atoms with Gasteiger partial charge in [0.05, 0.1) is 18.8 Å². The average Bonchev–Trinajstić information content (AvgIpc) is 3.16. The molecule has 0 spiro atoms. The predicted octanol–water partition coefficient (Wildman–Crippen LogP) is 13.5. The quantitative estimate of drug-likeness (QED) is 0.0370. The van der Waals surface area contributed by atoms with Crippen molar-refractivity contribution in [3.63, 3.8) is 0 Å². The first-order valence-corrected chi connectivity index (χ1v) is 23.3. The van der Waals surface area contributed by atoms with Crippen LogP contribution in [0.4, 0.5) is 0 Å². The second-order valence-corrected chi connectivity index (χ2v) is 16.0. The Kier molecular flexibility index (Phi) is 42.1. The van der Waals surface area contributed by atoms with Crippen molar-refractivity contribution in [1.29, 1.82) is 0 Å². The SMILES string of the molecule is CCCCCCCCCCCC/C=C/CC/C=C/CC/C=C/C(O)C(CO)NC(=O)C(O)CCCCCCCCCCCCCCCCCCCCC. The van der Waals surface area contributed by atoms with Gasteiger partial charge in [0.15, 0.2) is 0 Å². The van der Waals surface area contributed by atoms with Gasteiger partial charge in [0.2, 0.25) is 5.91 Å². The number of amides is 1. The fourth-order valence-corrected chi connectivity index (χ4v) is 7.04. The maximum atomic E-state index is 12.5. The number of carbonyl (C=O) groups excluding carboxylic acids is 1. The molecule has 5 nitrogen and oxygen atoms in total. The zero-order valence-electron chi connectivity index (χ0n) is 35.4. The number of allylic oxidation sites excluding steroid dienone is 5. The highest BCUT2D eigenvalue weighted by atomic mass is 16.3. The van der Waals surface area contributed by atoms with Gasteiger partial charge in [-0.15, -0.1) is 0 Å². The zero-order valence-corrected chi connectivity index (χ0v) is 35.4. The molecule has 4 N–H and O–H groups in total. The molecule has 0 aromatic heterocycles. The molecule has 53 heavy (non-hydrogen) atoms. The van der Waals surface area contributed by atoms with Gasteiger partial charge in [-0.3, -0.25) is 4.79 Å². The lowest BCUT2D eigenvalue weighted by Crippen LogP contribution is -2.48. The molecule has 3 atom stereocenters. The minimum Gasteiger partial charge on any atom is -0.394 e. The monoisotopic (exact) mass is 746 g/mol. The van der Waals surface area contributed by atoms with Gasteiger partial charge in [0.1, 0.15) is 6.10 Å². The fraction of sp³-hybridized carbons (Fsp3) is 0.854. The standard InChI is InChI=1S/C48H91NO4/c1-3-5-7-9-11-13-15-17-19-21-23-25-26-28-30-32-34-36-38-40-42-46(51)45(44-50)49-48(53)47(52)43-41-39-37-35-33-31-29-27-24-22-20-18-16-14-12-10-8-6-4-2/h25-26,32,34,40,42,45-47,50-52H,3-24,27-31,33,35-39,41,43-44H2,1-2H3,(H,49,53)/b26-25+,34-32+,42-40+. The van der Waals surface area contributed by atoms with Gasteiger partial charge in [-0.05, 0) is 44.9 Å². The number of carbonyl (C=O) groups is 1. The van der Waals surface area contributed by atoms with Crippen molar-refractivity contribution in [3.05, 3.63) is 36.5 Å². The molecule has 0 aliphatic heterocycles. The normalized spacial score (nSPS) is 13.8. The van der Waals surface area contributed by atoms with Gasteiger partial charge < -0.3 is 20.6 Å². The minimum absolute atomic E-state index is 0.379. The van der Waals surface area contributed by atoms with E-state index in [1.165, 1.54) is 173 Å². The van der Waals surface area contributed by atoms with Crippen molar-refractivity contribution in [1.82, 2.24) is 5.32 Å². The molecule has 312 valence electrons. The van der Waals surface area contributed by atoms with Gasteiger partial charge >= 0.3 is 0 Å². The second kappa shape index (κ2) is 43.3. The van der Waals surface area contributed by atoms with E-state index >= 15 is 0 Å². The first-order chi connectivity index (χ1) is 26.1. The Morgan fingerprint density at radius 1 is 0.453 bits per heavy atom. The summed E-state index contributed by atoms with van der Waals surface area (Å²) >= 11 is 0. The van der Waals surface area contributed by atoms with Crippen molar-refractivity contribution in [3.8, 4) is 0 Å². The Balaban J connectivity index is 3.71. The van der Waals surface area contributed by atoms with E-state index in [1.807, 2.05) is 6.08 Å². The molecule has 0 aromatic rings. The van der Waals surface area contributed by atoms with Crippen molar-refractivity contribution in [2.24, 2.45) is 0 Å². The van der Waals surface area contributed by atoms with E-state index in [2.05, 4.69) is 43.5 Å². The van der Waals surface area contributed by atoms with Gasteiger partial charge in [0, 0.05) is 0 Å². The Labute approximate surface area is 330 Å². The molecule has 0 saturated carbocycles. The molecule has 0 bridgehead atoms. The summed E-state index contributed by atoms with van der Waals surface area (Å²) in [6.07, 6.45) is 54.7. The second-order valence-electron chi connectivity index (χ2n) is 16.0. The smallest absolute Gasteiger partial charge is 0.249 e. The predicted molar refractivity (Wildman–Crippen MR) is 231 cm³/mol. The van der Waals surface area contributed by atoms with E-state index in [0.717, 1.165) is 44.9 Å². The van der Waals surface area contributed by atoms with E-state index in [-0.39, 0.29) is 6.61 Å². The number of aliphatic hydroxyl groups is 3. The number of hydrogen-bond acceptors (Lipinski definition) is 4. The molecule has 0 rings (SSSR count). The summed E-state index contributed by atoms with van der Waals surface area (Å²) in [5, 5.41) is 33.2. The van der Waals surface area contributed by atoms with Crippen LogP contribution in [0.5, 0.6) is 0 Å². The number of aliphatic hydroxyl groups excluding tert-OH is 3. The van der Waals surface area contributed by atoms with Crippen LogP contribution in [0, 0.1) is 0 Å². The summed E-state index contributed by atoms with van der Waals surface area (Å²) in [6.45, 7) is 4.18. The molecule has 0 aliphatic rings. The molecule has 0 heterocycles. The molecule has 0 aliphatic carbocycles. The molecular weight excluding hydrogens is 655 g/mol. The number of unbranched alkanes of at least 4 members (excludes halogenated alkanes) is 30. The Morgan fingerprint density at radius 2 is 0.774 bits per heavy atom. The molecule has 0 aromatic carbocycles. The third kappa shape index (κ3) is 38.6. The third-order valence-corrected chi connectivity index (χ3v) is 10.7. The van der Waals surface area contributed by atoms with Crippen LogP contribution in [0.25, 0.3) is 0 Å². The lowest BCUT2D eigenvalue weighted by Gasteiger charge is -2.21. The summed E-state index contributed by atoms with van der Waals surface area (Å²) in [7, 11) is 0. The van der Waals surface area contributed by atoms with E-state index in [4.69, 9.17) is 0 Å². The van der Waals surface area contributed by atoms with E-state index in [1.54, 1.807) is 6.08 Å². The maximum absolute atomic E-state index is 12.5. The first kappa shape index (κ1) is 51.6. The summed E-state index contributed by atoms with van der Waals surface area (Å²) in [6, 6.07) is -0.818. The zero-order chi connectivity index (χ0) is 38.7. The van der Waals surface area contributed by atoms with Crippen LogP contribution in [-0.4, -0.2) is 46.1 Å². The molecule has 0 fully saturated rings. The van der Waals surface area contributed by atoms with Crippen LogP contribution in [-0.2, 0) is 4.79 Å². The van der Waals surface area contributed by atoms with E-state index in [0.29, 0.717) is 6.42 Å². The van der Waals surface area contributed by atoms with Crippen molar-refractivity contribution >= 4 is 5.91 Å². The van der Waals surface area contributed by atoms with Gasteiger partial charge in [0.25, 0.3) is 0 Å². The van der Waals surface area contributed by atoms with Gasteiger partial charge in [-0.1, -0.05) is 230 Å². The molecule has 0 saturated heterocycles. The van der Waals surface area contributed by atoms with Crippen LogP contribution in [0.2, 0.25) is 0 Å². The van der Waals surface area contributed by atoms with Crippen LogP contribution in [0.15, 0.2) is 36.5 Å². The summed E-state index contributed by atoms with van der Waals surface area (Å²) < 4.78 is 0. The number of nitrogens with one attached hydrogen (secondary N) is 1. The van der Waals surface area contributed by atoms with E-state index in [9.17, 15) is 20.1 Å². The van der Waals surface area contributed by atoms with Crippen molar-refractivity contribution in [2.75, 3.05) is 6.61 Å². The molecule has 1 amide bonds. The average molecular weight is 746 g/mol. The van der Waals surface area contributed by atoms with Crippen LogP contribution in [0.1, 0.15) is 239 Å². The van der Waals surface area contributed by atoms with E-state index < -0.39 is 24.2 Å². The third-order valence-electron chi connectivity index (χ3n) is 10.7. The van der Waals surface area contributed by atoms with Crippen LogP contribution >= 0.6 is 0 Å². The largest absolute Gasteiger partial charge is 0.394 e. The Morgan fingerprint density at radius 3 is 1.15 bits per heavy atom. The van der Waals surface area contributed by atoms with Gasteiger partial charge in [-0.25, -0.2) is 0 Å². The number of hydrogen-bond donors (Lipinski definition) is 4. The van der Waals surface area contributed by atoms with Crippen LogP contribution in [0.3, 0.4) is 0 Å². The van der Waals surface area contributed by atoms with Crippen LogP contribution < -0.4 is 5.32 Å². The summed E-state index contributed by atoms with van der Waals surface area (Å²) in [4.78, 5) is 12.5. The molecule has 3 unspecified atom stereocenters. The first-order valence-electron chi connectivity index (χ1n) is 23.3. The van der Waals surface area contributed by atoms with Gasteiger partial charge in [-0.2, -0.15) is 0 Å². The summed E-state index contributed by atoms with van der Waals surface area (Å²) in [5.74, 6) is -0.514. The maximum Gasteiger partial charge on any atom is 0.249 e. The van der Waals surface area contributed by atoms with Crippen molar-refractivity contribution in [2.45, 2.75) is 257 Å². The Hall–Kier alpha value is -1.43. The highest BCUT2D eigenvalue weighted by molar-refractivity contribution is 5.80. The number of rotatable bonds is 42. The minimum atomic E-state index is -1.11. The summed E-state index contributed by atoms with van der Waals surface area (Å²) in [5.41, 5.74) is 0. The molecule has 0 radical (unpaired) electrons. The fourth-order valence-electron chi connectivity index (χ4n) is 7.04. The lowest BCUT2D eigenvalue weighted by atomic mass is 10.0.